The van der Waals surface area contributed by atoms with E-state index in [1.165, 1.54) is 5.56 Å². The molecule has 0 spiro atoms. The number of nitrogens with one attached hydrogen (secondary N) is 1. The van der Waals surface area contributed by atoms with Gasteiger partial charge in [-0.2, -0.15) is 0 Å². The first-order valence-corrected chi connectivity index (χ1v) is 14.0. The van der Waals surface area contributed by atoms with Crippen LogP contribution < -0.4 is 5.32 Å². The number of hydrogen-bond donors (Lipinski definition) is 2. The number of nitrogens with zero attached hydrogens (tertiary/aromatic N) is 3. The van der Waals surface area contributed by atoms with Crippen molar-refractivity contribution in [1.82, 2.24) is 19.8 Å². The van der Waals surface area contributed by atoms with E-state index in [2.05, 4.69) is 53.2 Å². The first-order chi connectivity index (χ1) is 18.1. The number of carbonyl (C=O) groups excluding carboxylic acids is 1. The normalized spacial score (nSPS) is 24.2. The first kappa shape index (κ1) is 25.7. The molecule has 2 unspecified atom stereocenters. The summed E-state index contributed by atoms with van der Waals surface area (Å²) >= 11 is 0. The third kappa shape index (κ3) is 5.51. The van der Waals surface area contributed by atoms with E-state index in [-0.39, 0.29) is 18.0 Å². The van der Waals surface area contributed by atoms with Crippen molar-refractivity contribution in [1.29, 1.82) is 0 Å². The molecule has 196 valence electrons. The Morgan fingerprint density at radius 2 is 1.86 bits per heavy atom. The second-order valence-electron chi connectivity index (χ2n) is 10.7. The molecular weight excluding hydrogens is 460 g/mol. The van der Waals surface area contributed by atoms with E-state index in [9.17, 15) is 9.90 Å². The van der Waals surface area contributed by atoms with Crippen molar-refractivity contribution in [2.24, 2.45) is 0 Å². The smallest absolute Gasteiger partial charge is 0.275 e. The lowest BCUT2D eigenvalue weighted by molar-refractivity contribution is -0.0492. The number of benzene rings is 2. The average Bonchev–Trinajstić information content (AvgIpc) is 3.38. The van der Waals surface area contributed by atoms with Gasteiger partial charge >= 0.3 is 0 Å². The largest absolute Gasteiger partial charge is 0.388 e. The predicted octanol–water partition coefficient (Wildman–Crippen LogP) is 5.24. The zero-order chi connectivity index (χ0) is 25.7. The molecule has 0 bridgehead atoms. The average molecular weight is 501 g/mol. The van der Waals surface area contributed by atoms with Gasteiger partial charge in [-0.05, 0) is 31.2 Å². The molecule has 2 fully saturated rings. The van der Waals surface area contributed by atoms with Crippen molar-refractivity contribution in [3.8, 4) is 11.3 Å². The lowest BCUT2D eigenvalue weighted by Crippen LogP contribution is -2.54. The van der Waals surface area contributed by atoms with Crippen LogP contribution in [0.5, 0.6) is 0 Å². The van der Waals surface area contributed by atoms with Crippen molar-refractivity contribution in [3.63, 3.8) is 0 Å². The van der Waals surface area contributed by atoms with Crippen LogP contribution in [0.4, 0.5) is 0 Å². The molecule has 2 aliphatic rings. The van der Waals surface area contributed by atoms with E-state index < -0.39 is 5.60 Å². The number of amides is 1. The number of aliphatic hydroxyl groups is 1. The van der Waals surface area contributed by atoms with Gasteiger partial charge in [-0.1, -0.05) is 93.3 Å². The van der Waals surface area contributed by atoms with Gasteiger partial charge in [0.15, 0.2) is 5.69 Å². The van der Waals surface area contributed by atoms with Gasteiger partial charge in [0, 0.05) is 31.2 Å². The fraction of sp³-hybridized carbons (Fsp3) is 0.484. The Hall–Kier alpha value is -2.96. The van der Waals surface area contributed by atoms with Gasteiger partial charge in [-0.15, -0.1) is 0 Å². The van der Waals surface area contributed by atoms with E-state index in [0.717, 1.165) is 75.7 Å². The van der Waals surface area contributed by atoms with Crippen molar-refractivity contribution in [3.05, 3.63) is 78.2 Å². The summed E-state index contributed by atoms with van der Waals surface area (Å²) in [6, 6.07) is 20.5. The van der Waals surface area contributed by atoms with E-state index in [1.807, 2.05) is 35.5 Å². The SMILES string of the molecule is CCCCC1(O)CCCCC1n1cnc(C(=O)N2CCNC[C@H]2Cc2ccccc2)c1-c1ccccc1. The summed E-state index contributed by atoms with van der Waals surface area (Å²) in [6.45, 7) is 4.37. The molecule has 5 rings (SSSR count). The minimum atomic E-state index is -0.774. The van der Waals surface area contributed by atoms with Gasteiger partial charge < -0.3 is 19.9 Å². The number of piperazine rings is 1. The molecule has 2 heterocycles. The van der Waals surface area contributed by atoms with Gasteiger partial charge in [-0.25, -0.2) is 4.98 Å². The highest BCUT2D eigenvalue weighted by atomic mass is 16.3. The van der Waals surface area contributed by atoms with Gasteiger partial charge in [-0.3, -0.25) is 4.79 Å². The summed E-state index contributed by atoms with van der Waals surface area (Å²) < 4.78 is 2.13. The third-order valence-electron chi connectivity index (χ3n) is 8.23. The highest BCUT2D eigenvalue weighted by molar-refractivity contribution is 5.98. The minimum Gasteiger partial charge on any atom is -0.388 e. The molecule has 1 saturated heterocycles. The first-order valence-electron chi connectivity index (χ1n) is 14.0. The summed E-state index contributed by atoms with van der Waals surface area (Å²) in [5.41, 5.74) is 2.76. The van der Waals surface area contributed by atoms with E-state index >= 15 is 0 Å². The Kier molecular flexibility index (Phi) is 8.06. The molecule has 2 aromatic carbocycles. The monoisotopic (exact) mass is 500 g/mol. The van der Waals surface area contributed by atoms with Crippen molar-refractivity contribution < 1.29 is 9.90 Å². The highest BCUT2D eigenvalue weighted by Gasteiger charge is 2.41. The van der Waals surface area contributed by atoms with Gasteiger partial charge in [0.05, 0.1) is 23.7 Å². The van der Waals surface area contributed by atoms with Gasteiger partial charge in [0.2, 0.25) is 0 Å². The maximum Gasteiger partial charge on any atom is 0.275 e. The molecular formula is C31H40N4O2. The summed E-state index contributed by atoms with van der Waals surface area (Å²) in [4.78, 5) is 21.0. The quantitative estimate of drug-likeness (QED) is 0.444. The van der Waals surface area contributed by atoms with Crippen molar-refractivity contribution in [2.75, 3.05) is 19.6 Å². The Balaban J connectivity index is 1.52. The van der Waals surface area contributed by atoms with Crippen LogP contribution in [-0.2, 0) is 6.42 Å². The fourth-order valence-corrected chi connectivity index (χ4v) is 6.25. The predicted molar refractivity (Wildman–Crippen MR) is 147 cm³/mol. The number of carbonyl (C=O) groups is 1. The second kappa shape index (κ2) is 11.6. The van der Waals surface area contributed by atoms with E-state index in [1.54, 1.807) is 0 Å². The van der Waals surface area contributed by atoms with Crippen LogP contribution in [0.15, 0.2) is 67.0 Å². The highest BCUT2D eigenvalue weighted by Crippen LogP contribution is 2.43. The molecule has 1 aliphatic carbocycles. The maximum absolute atomic E-state index is 14.2. The second-order valence-corrected chi connectivity index (χ2v) is 10.7. The number of hydrogen-bond acceptors (Lipinski definition) is 4. The lowest BCUT2D eigenvalue weighted by Gasteiger charge is -2.41. The number of rotatable bonds is 8. The van der Waals surface area contributed by atoms with Crippen LogP contribution in [0.3, 0.4) is 0 Å². The molecule has 37 heavy (non-hydrogen) atoms. The van der Waals surface area contributed by atoms with Crippen LogP contribution in [0, 0.1) is 0 Å². The molecule has 1 aromatic heterocycles. The van der Waals surface area contributed by atoms with Crippen LogP contribution >= 0.6 is 0 Å². The van der Waals surface area contributed by atoms with Crippen molar-refractivity contribution >= 4 is 5.91 Å². The van der Waals surface area contributed by atoms with E-state index in [0.29, 0.717) is 12.2 Å². The number of aromatic nitrogens is 2. The molecule has 1 amide bonds. The topological polar surface area (TPSA) is 70.4 Å². The standard InChI is InChI=1S/C31H40N4O2/c1-2-3-17-31(37)18-11-10-16-27(31)35-23-33-28(29(35)25-14-8-5-9-15-25)30(36)34-20-19-32-22-26(34)21-24-12-6-4-7-13-24/h4-9,12-15,23,26-27,32,37H,2-3,10-11,16-22H2,1H3/t26-,27?,31?/m1/s1. The summed E-state index contributed by atoms with van der Waals surface area (Å²) in [5, 5.41) is 15.3. The number of imidazole rings is 1. The van der Waals surface area contributed by atoms with Gasteiger partial charge in [0.25, 0.3) is 5.91 Å². The Bertz CT molecular complexity index is 1160. The molecule has 1 saturated carbocycles. The zero-order valence-electron chi connectivity index (χ0n) is 22.0. The molecule has 6 heteroatoms. The van der Waals surface area contributed by atoms with Crippen LogP contribution in [0.1, 0.15) is 74.0 Å². The molecule has 6 nitrogen and oxygen atoms in total. The van der Waals surface area contributed by atoms with Crippen LogP contribution in [0.2, 0.25) is 0 Å². The molecule has 1 aliphatic heterocycles. The molecule has 3 aromatic rings. The van der Waals surface area contributed by atoms with Gasteiger partial charge in [0.1, 0.15) is 0 Å². The lowest BCUT2D eigenvalue weighted by atomic mass is 9.77. The maximum atomic E-state index is 14.2. The van der Waals surface area contributed by atoms with Crippen LogP contribution in [-0.4, -0.2) is 56.7 Å². The summed E-state index contributed by atoms with van der Waals surface area (Å²) in [7, 11) is 0. The third-order valence-corrected chi connectivity index (χ3v) is 8.23. The Morgan fingerprint density at radius 1 is 1.11 bits per heavy atom. The molecule has 2 N–H and O–H groups in total. The Labute approximate surface area is 220 Å². The molecule has 0 radical (unpaired) electrons. The summed E-state index contributed by atoms with van der Waals surface area (Å²) in [6.07, 6.45) is 9.26. The minimum absolute atomic E-state index is 0.0204. The fourth-order valence-electron chi connectivity index (χ4n) is 6.25. The van der Waals surface area contributed by atoms with Crippen LogP contribution in [0.25, 0.3) is 11.3 Å². The molecule has 3 atom stereocenters. The number of unbranched alkanes of at least 4 members (excludes halogenated alkanes) is 1. The summed E-state index contributed by atoms with van der Waals surface area (Å²) in [5.74, 6) is -0.0204. The van der Waals surface area contributed by atoms with Crippen molar-refractivity contribution in [2.45, 2.75) is 76.0 Å². The zero-order valence-corrected chi connectivity index (χ0v) is 22.0. The Morgan fingerprint density at radius 3 is 2.62 bits per heavy atom. The van der Waals surface area contributed by atoms with E-state index in [4.69, 9.17) is 4.98 Å².